The molecule has 0 radical (unpaired) electrons. The van der Waals surface area contributed by atoms with E-state index in [-0.39, 0.29) is 18.3 Å². The van der Waals surface area contributed by atoms with Crippen LogP contribution in [-0.4, -0.2) is 19.6 Å². The summed E-state index contributed by atoms with van der Waals surface area (Å²) < 4.78 is 5.13. The van der Waals surface area contributed by atoms with Gasteiger partial charge in [0.25, 0.3) is 0 Å². The molecule has 2 aromatic carbocycles. The molecule has 5 heteroatoms. The molecule has 130 valence electrons. The average molecular weight is 349 g/mol. The second-order valence-corrected chi connectivity index (χ2v) is 5.63. The molecule has 1 atom stereocenters. The molecule has 2 rings (SSSR count). The number of methoxy groups -OCH3 is 1. The van der Waals surface area contributed by atoms with Gasteiger partial charge in [0.15, 0.2) is 0 Å². The number of nitrogens with one attached hydrogen (secondary N) is 1. The Hall–Kier alpha value is -2.04. The van der Waals surface area contributed by atoms with Crippen LogP contribution in [0.1, 0.15) is 29.2 Å². The highest BCUT2D eigenvalue weighted by atomic mass is 35.5. The third kappa shape index (κ3) is 5.87. The Labute approximate surface area is 149 Å². The predicted molar refractivity (Wildman–Crippen MR) is 99.7 cm³/mol. The summed E-state index contributed by atoms with van der Waals surface area (Å²) in [6, 6.07) is 15.1. The molecule has 0 aliphatic rings. The van der Waals surface area contributed by atoms with E-state index < -0.39 is 6.04 Å². The number of aryl methyl sites for hydroxylation is 2. The molecule has 3 N–H and O–H groups in total. The number of hydrogen-bond donors (Lipinski definition) is 2. The van der Waals surface area contributed by atoms with Crippen molar-refractivity contribution in [2.24, 2.45) is 5.73 Å². The van der Waals surface area contributed by atoms with Crippen LogP contribution in [0.25, 0.3) is 0 Å². The van der Waals surface area contributed by atoms with Crippen molar-refractivity contribution < 1.29 is 9.53 Å². The van der Waals surface area contributed by atoms with Crippen molar-refractivity contribution in [3.05, 3.63) is 65.2 Å². The largest absolute Gasteiger partial charge is 0.497 e. The van der Waals surface area contributed by atoms with E-state index in [2.05, 4.69) is 5.32 Å². The van der Waals surface area contributed by atoms with Crippen LogP contribution in [0.3, 0.4) is 0 Å². The quantitative estimate of drug-likeness (QED) is 0.755. The summed E-state index contributed by atoms with van der Waals surface area (Å²) in [6.07, 6.45) is 1.78. The summed E-state index contributed by atoms with van der Waals surface area (Å²) in [7, 11) is 1.65. The first-order valence-corrected chi connectivity index (χ1v) is 7.83. The highest BCUT2D eigenvalue weighted by Gasteiger charge is 2.14. The smallest absolute Gasteiger partial charge is 0.241 e. The van der Waals surface area contributed by atoms with Crippen LogP contribution in [0, 0.1) is 6.92 Å². The fraction of sp³-hybridized carbons (Fsp3) is 0.316. The van der Waals surface area contributed by atoms with Crippen LogP contribution < -0.4 is 15.8 Å². The highest BCUT2D eigenvalue weighted by molar-refractivity contribution is 5.85. The third-order valence-corrected chi connectivity index (χ3v) is 3.82. The molecule has 1 unspecified atom stereocenters. The first-order valence-electron chi connectivity index (χ1n) is 7.83. The number of ether oxygens (including phenoxy) is 1. The van der Waals surface area contributed by atoms with Crippen molar-refractivity contribution in [1.29, 1.82) is 0 Å². The van der Waals surface area contributed by atoms with Crippen LogP contribution in [0.5, 0.6) is 5.75 Å². The van der Waals surface area contributed by atoms with Crippen molar-refractivity contribution in [2.45, 2.75) is 25.8 Å². The minimum atomic E-state index is -0.614. The van der Waals surface area contributed by atoms with Crippen LogP contribution in [-0.2, 0) is 11.2 Å². The van der Waals surface area contributed by atoms with E-state index in [0.29, 0.717) is 6.54 Å². The molecule has 1 amide bonds. The molecule has 0 saturated carbocycles. The molecule has 2 aromatic rings. The Kier molecular flexibility index (Phi) is 8.30. The van der Waals surface area contributed by atoms with Gasteiger partial charge in [0.1, 0.15) is 11.8 Å². The van der Waals surface area contributed by atoms with Gasteiger partial charge >= 0.3 is 0 Å². The standard InChI is InChI=1S/C19H24N2O2.ClH/c1-14-5-9-16(10-6-14)18(20)19(22)21-13-3-4-15-7-11-17(23-2)12-8-15;/h5-12,18H,3-4,13,20H2,1-2H3,(H,21,22);1H. The number of hydrogen-bond acceptors (Lipinski definition) is 3. The SMILES string of the molecule is COc1ccc(CCCNC(=O)C(N)c2ccc(C)cc2)cc1.Cl. The molecule has 0 heterocycles. The Morgan fingerprint density at radius 1 is 1.12 bits per heavy atom. The maximum absolute atomic E-state index is 12.1. The number of rotatable bonds is 7. The fourth-order valence-electron chi connectivity index (χ4n) is 2.33. The van der Waals surface area contributed by atoms with Crippen molar-refractivity contribution in [3.8, 4) is 5.75 Å². The Bertz CT molecular complexity index is 627. The minimum Gasteiger partial charge on any atom is -0.497 e. The van der Waals surface area contributed by atoms with Gasteiger partial charge in [-0.1, -0.05) is 42.0 Å². The summed E-state index contributed by atoms with van der Waals surface area (Å²) in [6.45, 7) is 2.62. The number of amides is 1. The van der Waals surface area contributed by atoms with Gasteiger partial charge in [0.2, 0.25) is 5.91 Å². The molecule has 4 nitrogen and oxygen atoms in total. The van der Waals surface area contributed by atoms with Gasteiger partial charge < -0.3 is 15.8 Å². The van der Waals surface area contributed by atoms with Crippen LogP contribution >= 0.6 is 12.4 Å². The molecule has 24 heavy (non-hydrogen) atoms. The first kappa shape index (κ1) is 20.0. The van der Waals surface area contributed by atoms with Crippen LogP contribution in [0.2, 0.25) is 0 Å². The van der Waals surface area contributed by atoms with Crippen LogP contribution in [0.15, 0.2) is 48.5 Å². The molecule has 0 aromatic heterocycles. The molecule has 0 bridgehead atoms. The lowest BCUT2D eigenvalue weighted by atomic mass is 10.1. The third-order valence-electron chi connectivity index (χ3n) is 3.82. The second kappa shape index (κ2) is 9.96. The Morgan fingerprint density at radius 2 is 1.75 bits per heavy atom. The summed E-state index contributed by atoms with van der Waals surface area (Å²) >= 11 is 0. The lowest BCUT2D eigenvalue weighted by molar-refractivity contribution is -0.122. The number of nitrogens with two attached hydrogens (primary N) is 1. The van der Waals surface area contributed by atoms with E-state index in [9.17, 15) is 4.79 Å². The van der Waals surface area contributed by atoms with Crippen molar-refractivity contribution in [1.82, 2.24) is 5.32 Å². The molecule has 0 spiro atoms. The van der Waals surface area contributed by atoms with Crippen LogP contribution in [0.4, 0.5) is 0 Å². The number of carbonyl (C=O) groups is 1. The topological polar surface area (TPSA) is 64.3 Å². The molecule has 0 aliphatic carbocycles. The molecule has 0 saturated heterocycles. The maximum Gasteiger partial charge on any atom is 0.241 e. The number of halogens is 1. The van der Waals surface area contributed by atoms with Crippen molar-refractivity contribution in [3.63, 3.8) is 0 Å². The van der Waals surface area contributed by atoms with Gasteiger partial charge in [-0.3, -0.25) is 4.79 Å². The number of benzene rings is 2. The van der Waals surface area contributed by atoms with E-state index in [1.54, 1.807) is 7.11 Å². The summed E-state index contributed by atoms with van der Waals surface area (Å²) in [5.41, 5.74) is 9.20. The zero-order valence-corrected chi connectivity index (χ0v) is 14.9. The summed E-state index contributed by atoms with van der Waals surface area (Å²) in [5.74, 6) is 0.717. The van der Waals surface area contributed by atoms with E-state index in [1.807, 2.05) is 55.5 Å². The summed E-state index contributed by atoms with van der Waals surface area (Å²) in [4.78, 5) is 12.1. The van der Waals surface area contributed by atoms with Gasteiger partial charge in [-0.15, -0.1) is 12.4 Å². The van der Waals surface area contributed by atoms with E-state index in [4.69, 9.17) is 10.5 Å². The highest BCUT2D eigenvalue weighted by Crippen LogP contribution is 2.13. The zero-order valence-electron chi connectivity index (χ0n) is 14.1. The van der Waals surface area contributed by atoms with E-state index in [0.717, 1.165) is 29.7 Å². The normalized spacial score (nSPS) is 11.3. The number of carbonyl (C=O) groups excluding carboxylic acids is 1. The van der Waals surface area contributed by atoms with E-state index >= 15 is 0 Å². The van der Waals surface area contributed by atoms with Gasteiger partial charge in [0.05, 0.1) is 7.11 Å². The summed E-state index contributed by atoms with van der Waals surface area (Å²) in [5, 5.41) is 2.90. The Balaban J connectivity index is 0.00000288. The van der Waals surface area contributed by atoms with Crippen molar-refractivity contribution >= 4 is 18.3 Å². The lowest BCUT2D eigenvalue weighted by Crippen LogP contribution is -2.34. The average Bonchev–Trinajstić information content (AvgIpc) is 2.59. The molecular weight excluding hydrogens is 324 g/mol. The second-order valence-electron chi connectivity index (χ2n) is 5.63. The zero-order chi connectivity index (χ0) is 16.7. The maximum atomic E-state index is 12.1. The minimum absolute atomic E-state index is 0. The molecule has 0 fully saturated rings. The van der Waals surface area contributed by atoms with E-state index in [1.165, 1.54) is 5.56 Å². The van der Waals surface area contributed by atoms with Gasteiger partial charge in [-0.2, -0.15) is 0 Å². The Morgan fingerprint density at radius 3 is 2.33 bits per heavy atom. The fourth-order valence-corrected chi connectivity index (χ4v) is 2.33. The lowest BCUT2D eigenvalue weighted by Gasteiger charge is -2.13. The van der Waals surface area contributed by atoms with Crippen molar-refractivity contribution in [2.75, 3.05) is 13.7 Å². The van der Waals surface area contributed by atoms with Gasteiger partial charge in [-0.05, 0) is 43.0 Å². The monoisotopic (exact) mass is 348 g/mol. The molecule has 0 aliphatic heterocycles. The first-order chi connectivity index (χ1) is 11.1. The van der Waals surface area contributed by atoms with Gasteiger partial charge in [-0.25, -0.2) is 0 Å². The molecular formula is C19H25ClN2O2. The van der Waals surface area contributed by atoms with Gasteiger partial charge in [0, 0.05) is 6.54 Å². The predicted octanol–water partition coefficient (Wildman–Crippen LogP) is 3.17.